The molecule has 285 valence electrons. The van der Waals surface area contributed by atoms with Crippen LogP contribution in [0.5, 0.6) is 0 Å². The zero-order valence-electron chi connectivity index (χ0n) is 32.2. The third kappa shape index (κ3) is 12.0. The first kappa shape index (κ1) is 42.5. The van der Waals surface area contributed by atoms with Crippen LogP contribution in [0.2, 0.25) is 0 Å². The van der Waals surface area contributed by atoms with Gasteiger partial charge in [-0.15, -0.1) is 0 Å². The van der Waals surface area contributed by atoms with Gasteiger partial charge < -0.3 is 0 Å². The van der Waals surface area contributed by atoms with Gasteiger partial charge in [-0.05, 0) is 71.5 Å². The van der Waals surface area contributed by atoms with Crippen molar-refractivity contribution >= 4 is 71.5 Å². The van der Waals surface area contributed by atoms with Gasteiger partial charge in [0, 0.05) is 20.1 Å². The average Bonchev–Trinajstić information content (AvgIpc) is 3.30. The molecule has 0 amide bonds. The third-order valence-electron chi connectivity index (χ3n) is 9.13. The molecule has 0 aliphatic rings. The van der Waals surface area contributed by atoms with Gasteiger partial charge in [-0.25, -0.2) is 0 Å². The van der Waals surface area contributed by atoms with Crippen LogP contribution in [0.4, 0.5) is 0 Å². The minimum atomic E-state index is -0.446. The van der Waals surface area contributed by atoms with Gasteiger partial charge in [-0.3, -0.25) is 0 Å². The van der Waals surface area contributed by atoms with Gasteiger partial charge >= 0.3 is 0 Å². The van der Waals surface area contributed by atoms with E-state index in [4.69, 9.17) is 0 Å². The van der Waals surface area contributed by atoms with Crippen molar-refractivity contribution in [2.75, 3.05) is 0 Å². The molecule has 0 saturated heterocycles. The first-order valence-electron chi connectivity index (χ1n) is 19.2. The van der Waals surface area contributed by atoms with Gasteiger partial charge in [0.25, 0.3) is 0 Å². The molecule has 4 heteroatoms. The van der Waals surface area contributed by atoms with E-state index in [1.807, 2.05) is 0 Å². The van der Waals surface area contributed by atoms with E-state index >= 15 is 0 Å². The molecule has 0 spiro atoms. The predicted octanol–water partition coefficient (Wildman–Crippen LogP) is 10.3. The van der Waals surface area contributed by atoms with E-state index < -0.39 is 23.8 Å². The second kappa shape index (κ2) is 23.4. The number of hydrogen-bond donors (Lipinski definition) is 0. The fraction of sp³-hybridized carbons (Fsp3) is 0. The molecule has 9 rings (SSSR count). The molecular formula is C54H45IrP3. The van der Waals surface area contributed by atoms with Gasteiger partial charge in [0.1, 0.15) is 0 Å². The third-order valence-corrected chi connectivity index (χ3v) is 16.5. The Kier molecular flexibility index (Phi) is 17.1. The van der Waals surface area contributed by atoms with Crippen molar-refractivity contribution in [2.24, 2.45) is 0 Å². The fourth-order valence-corrected chi connectivity index (χ4v) is 13.5. The van der Waals surface area contributed by atoms with Crippen LogP contribution >= 0.6 is 23.8 Å². The summed E-state index contributed by atoms with van der Waals surface area (Å²) >= 11 is 0. The molecule has 9 aromatic carbocycles. The smallest absolute Gasteiger partial charge is 0 e. The minimum Gasteiger partial charge on any atom is -0.0622 e. The fourth-order valence-electron chi connectivity index (χ4n) is 6.54. The minimum absolute atomic E-state index is 0. The summed E-state index contributed by atoms with van der Waals surface area (Å²) in [5.74, 6) is 0. The molecule has 58 heavy (non-hydrogen) atoms. The summed E-state index contributed by atoms with van der Waals surface area (Å²) < 4.78 is 0. The maximum Gasteiger partial charge on any atom is 0 e. The van der Waals surface area contributed by atoms with Gasteiger partial charge in [0.15, 0.2) is 0 Å². The van der Waals surface area contributed by atoms with Crippen LogP contribution in [0.25, 0.3) is 0 Å². The normalized spacial score (nSPS) is 10.4. The summed E-state index contributed by atoms with van der Waals surface area (Å²) in [5, 5.41) is 12.6. The maximum absolute atomic E-state index is 2.23. The summed E-state index contributed by atoms with van der Waals surface area (Å²) in [7, 11) is -1.34. The zero-order chi connectivity index (χ0) is 38.7. The van der Waals surface area contributed by atoms with Crippen molar-refractivity contribution in [3.8, 4) is 0 Å². The molecule has 0 aromatic heterocycles. The van der Waals surface area contributed by atoms with Crippen LogP contribution < -0.4 is 47.7 Å². The topological polar surface area (TPSA) is 0 Å². The molecular weight excluding hydrogens is 934 g/mol. The molecule has 0 nitrogen and oxygen atoms in total. The van der Waals surface area contributed by atoms with Crippen molar-refractivity contribution in [2.45, 2.75) is 0 Å². The molecule has 0 fully saturated rings. The molecule has 0 aliphatic carbocycles. The van der Waals surface area contributed by atoms with Gasteiger partial charge in [-0.1, -0.05) is 273 Å². The van der Waals surface area contributed by atoms with Crippen LogP contribution in [-0.4, -0.2) is 0 Å². The molecule has 0 saturated carbocycles. The zero-order valence-corrected chi connectivity index (χ0v) is 37.2. The number of benzene rings is 9. The van der Waals surface area contributed by atoms with Gasteiger partial charge in [-0.2, -0.15) is 0 Å². The molecule has 0 aliphatic heterocycles. The van der Waals surface area contributed by atoms with Gasteiger partial charge in [0.05, 0.1) is 0 Å². The van der Waals surface area contributed by atoms with Crippen molar-refractivity contribution < 1.29 is 20.1 Å². The Labute approximate surface area is 362 Å². The molecule has 0 heterocycles. The van der Waals surface area contributed by atoms with E-state index in [9.17, 15) is 0 Å². The monoisotopic (exact) mass is 979 g/mol. The molecule has 1 radical (unpaired) electrons. The first-order valence-corrected chi connectivity index (χ1v) is 23.2. The average molecular weight is 979 g/mol. The van der Waals surface area contributed by atoms with Crippen LogP contribution in [0, 0.1) is 0 Å². The Hall–Kier alpha value is -5.08. The predicted molar refractivity (Wildman–Crippen MR) is 255 cm³/mol. The molecule has 0 atom stereocenters. The van der Waals surface area contributed by atoms with E-state index in [1.165, 1.54) is 47.7 Å². The van der Waals surface area contributed by atoms with Gasteiger partial charge in [0.2, 0.25) is 0 Å². The Bertz CT molecular complexity index is 1860. The number of rotatable bonds is 9. The standard InChI is InChI=1S/3C18H15P.Ir/c3*1-4-10-16(11-5-1)19(17-12-6-2-7-13-17)18-14-8-3-9-15-18;/h3*1-15H;. The summed E-state index contributed by atoms with van der Waals surface area (Å²) in [6, 6.07) is 97.0. The SMILES string of the molecule is [Ir].c1ccc(P(c2ccccc2)c2ccccc2)cc1.c1ccc(P(c2ccccc2)c2ccccc2)cc1.c1ccc(P(c2ccccc2)c2ccccc2)cc1. The maximum atomic E-state index is 2.23. The van der Waals surface area contributed by atoms with Crippen LogP contribution in [-0.2, 0) is 20.1 Å². The van der Waals surface area contributed by atoms with Crippen LogP contribution in [0.15, 0.2) is 273 Å². The van der Waals surface area contributed by atoms with Crippen LogP contribution in [0.3, 0.4) is 0 Å². The Morgan fingerprint density at radius 3 is 0.310 bits per heavy atom. The van der Waals surface area contributed by atoms with Crippen molar-refractivity contribution in [3.05, 3.63) is 273 Å². The first-order chi connectivity index (χ1) is 28.3. The molecule has 0 bridgehead atoms. The van der Waals surface area contributed by atoms with E-state index in [-0.39, 0.29) is 20.1 Å². The van der Waals surface area contributed by atoms with Crippen LogP contribution in [0.1, 0.15) is 0 Å². The number of hydrogen-bond acceptors (Lipinski definition) is 0. The molecule has 9 aromatic rings. The molecule has 0 unspecified atom stereocenters. The van der Waals surface area contributed by atoms with Crippen molar-refractivity contribution in [1.29, 1.82) is 0 Å². The Morgan fingerprint density at radius 2 is 0.224 bits per heavy atom. The second-order valence-electron chi connectivity index (χ2n) is 13.0. The largest absolute Gasteiger partial charge is 0.0622 e. The summed E-state index contributed by atoms with van der Waals surface area (Å²) in [6.07, 6.45) is 0. The van der Waals surface area contributed by atoms with Crippen molar-refractivity contribution in [1.82, 2.24) is 0 Å². The van der Waals surface area contributed by atoms with E-state index in [0.29, 0.717) is 0 Å². The molecule has 0 N–H and O–H groups in total. The van der Waals surface area contributed by atoms with E-state index in [0.717, 1.165) is 0 Å². The quantitative estimate of drug-likeness (QED) is 0.127. The van der Waals surface area contributed by atoms with E-state index in [2.05, 4.69) is 273 Å². The van der Waals surface area contributed by atoms with Crippen molar-refractivity contribution in [3.63, 3.8) is 0 Å². The summed E-state index contributed by atoms with van der Waals surface area (Å²) in [6.45, 7) is 0. The summed E-state index contributed by atoms with van der Waals surface area (Å²) in [5.41, 5.74) is 0. The second-order valence-corrected chi connectivity index (χ2v) is 19.7. The Balaban J connectivity index is 0.000000145. The Morgan fingerprint density at radius 1 is 0.138 bits per heavy atom. The summed E-state index contributed by atoms with van der Waals surface area (Å²) in [4.78, 5) is 0. The van der Waals surface area contributed by atoms with E-state index in [1.54, 1.807) is 0 Å².